The first-order valence-electron chi connectivity index (χ1n) is 6.18. The van der Waals surface area contributed by atoms with Gasteiger partial charge in [-0.15, -0.1) is 0 Å². The number of carboxylic acid groups (broad SMARTS) is 1. The second kappa shape index (κ2) is 6.08. The van der Waals surface area contributed by atoms with Crippen molar-refractivity contribution in [3.05, 3.63) is 52.1 Å². The van der Waals surface area contributed by atoms with E-state index in [1.807, 2.05) is 0 Å². The zero-order valence-electron chi connectivity index (χ0n) is 11.7. The molecule has 0 bridgehead atoms. The van der Waals surface area contributed by atoms with Gasteiger partial charge in [-0.1, -0.05) is 12.1 Å². The average Bonchev–Trinajstić information content (AvgIpc) is 2.47. The first kappa shape index (κ1) is 14.6. The topological polar surface area (TPSA) is 95.5 Å². The Bertz CT molecular complexity index is 694. The first-order chi connectivity index (χ1) is 10.0. The third-order valence-corrected chi connectivity index (χ3v) is 2.98. The summed E-state index contributed by atoms with van der Waals surface area (Å²) in [4.78, 5) is 30.7. The highest BCUT2D eigenvalue weighted by Crippen LogP contribution is 2.20. The molecule has 0 atom stereocenters. The molecule has 0 saturated carbocycles. The summed E-state index contributed by atoms with van der Waals surface area (Å²) in [5, 5.41) is 8.86. The van der Waals surface area contributed by atoms with Crippen LogP contribution >= 0.6 is 0 Å². The largest absolute Gasteiger partial charge is 0.489 e. The van der Waals surface area contributed by atoms with E-state index < -0.39 is 5.97 Å². The Kier molecular flexibility index (Phi) is 4.22. The number of benzene rings is 1. The van der Waals surface area contributed by atoms with Crippen LogP contribution < -0.4 is 15.2 Å². The highest BCUT2D eigenvalue weighted by molar-refractivity contribution is 5.87. The van der Waals surface area contributed by atoms with Gasteiger partial charge in [-0.2, -0.15) is 0 Å². The molecule has 2 N–H and O–H groups in total. The number of H-pyrrole nitrogens is 1. The summed E-state index contributed by atoms with van der Waals surface area (Å²) < 4.78 is 5.06. The van der Waals surface area contributed by atoms with Crippen LogP contribution in [-0.2, 0) is 6.54 Å². The van der Waals surface area contributed by atoms with Crippen LogP contribution in [0.4, 0.5) is 5.82 Å². The Labute approximate surface area is 120 Å². The third kappa shape index (κ3) is 3.19. The predicted octanol–water partition coefficient (Wildman–Crippen LogP) is 1.11. The fourth-order valence-corrected chi connectivity index (χ4v) is 1.94. The van der Waals surface area contributed by atoms with Gasteiger partial charge in [0.2, 0.25) is 5.75 Å². The van der Waals surface area contributed by atoms with Crippen LogP contribution in [0.3, 0.4) is 0 Å². The Morgan fingerprint density at radius 1 is 1.38 bits per heavy atom. The third-order valence-electron chi connectivity index (χ3n) is 2.98. The summed E-state index contributed by atoms with van der Waals surface area (Å²) in [5.41, 5.74) is 0.774. The smallest absolute Gasteiger partial charge is 0.335 e. The summed E-state index contributed by atoms with van der Waals surface area (Å²) in [5.74, 6) is -0.404. The molecule has 0 aliphatic rings. The maximum atomic E-state index is 11.6. The van der Waals surface area contributed by atoms with E-state index in [2.05, 4.69) is 9.97 Å². The van der Waals surface area contributed by atoms with Crippen LogP contribution in [0.2, 0.25) is 0 Å². The van der Waals surface area contributed by atoms with Crippen LogP contribution in [0.5, 0.6) is 5.75 Å². The maximum absolute atomic E-state index is 11.6. The highest BCUT2D eigenvalue weighted by atomic mass is 16.5. The monoisotopic (exact) mass is 289 g/mol. The number of carbonyl (C=O) groups is 1. The van der Waals surface area contributed by atoms with Gasteiger partial charge in [0.1, 0.15) is 0 Å². The number of ether oxygens (including phenoxy) is 1. The number of aromatic nitrogens is 2. The average molecular weight is 289 g/mol. The lowest BCUT2D eigenvalue weighted by Crippen LogP contribution is -2.22. The van der Waals surface area contributed by atoms with Crippen molar-refractivity contribution in [2.75, 3.05) is 19.1 Å². The van der Waals surface area contributed by atoms with Gasteiger partial charge in [-0.25, -0.2) is 9.78 Å². The quantitative estimate of drug-likeness (QED) is 0.856. The van der Waals surface area contributed by atoms with Crippen LogP contribution in [0, 0.1) is 0 Å². The molecule has 0 spiro atoms. The van der Waals surface area contributed by atoms with Crippen LogP contribution in [-0.4, -0.2) is 35.2 Å². The van der Waals surface area contributed by atoms with Crippen molar-refractivity contribution in [1.29, 1.82) is 0 Å². The molecular formula is C14H15N3O4. The molecule has 110 valence electrons. The summed E-state index contributed by atoms with van der Waals surface area (Å²) in [6.45, 7) is 0.465. The molecule has 7 nitrogen and oxygen atoms in total. The molecule has 0 radical (unpaired) electrons. The zero-order valence-corrected chi connectivity index (χ0v) is 11.7. The normalized spacial score (nSPS) is 10.2. The van der Waals surface area contributed by atoms with E-state index in [9.17, 15) is 9.59 Å². The highest BCUT2D eigenvalue weighted by Gasteiger charge is 2.13. The van der Waals surface area contributed by atoms with E-state index >= 15 is 0 Å². The number of carboxylic acids is 1. The van der Waals surface area contributed by atoms with E-state index in [4.69, 9.17) is 9.84 Å². The molecule has 7 heteroatoms. The molecule has 0 aliphatic heterocycles. The van der Waals surface area contributed by atoms with Crippen molar-refractivity contribution in [1.82, 2.24) is 9.97 Å². The molecule has 21 heavy (non-hydrogen) atoms. The van der Waals surface area contributed by atoms with E-state index in [0.29, 0.717) is 12.4 Å². The lowest BCUT2D eigenvalue weighted by Gasteiger charge is -2.19. The van der Waals surface area contributed by atoms with Gasteiger partial charge in [0, 0.05) is 13.6 Å². The molecule has 1 aromatic carbocycles. The molecule has 1 aromatic heterocycles. The lowest BCUT2D eigenvalue weighted by atomic mass is 10.1. The van der Waals surface area contributed by atoms with Gasteiger partial charge in [-0.05, 0) is 17.7 Å². The fourth-order valence-electron chi connectivity index (χ4n) is 1.94. The van der Waals surface area contributed by atoms with E-state index in [1.165, 1.54) is 25.6 Å². The van der Waals surface area contributed by atoms with Gasteiger partial charge >= 0.3 is 5.97 Å². The number of nitrogens with one attached hydrogen (secondary N) is 1. The molecule has 1 heterocycles. The number of anilines is 1. The SMILES string of the molecule is COc1c(N(C)Cc2ccc(C(=O)O)cc2)nc[nH]c1=O. The standard InChI is InChI=1S/C14H15N3O4/c1-17(12-11(21-2)13(18)16-8-15-12)7-9-3-5-10(6-4-9)14(19)20/h3-6,8H,7H2,1-2H3,(H,19,20)(H,15,16,18). The first-order valence-corrected chi connectivity index (χ1v) is 6.18. The van der Waals surface area contributed by atoms with Crippen LogP contribution in [0.15, 0.2) is 35.4 Å². The van der Waals surface area contributed by atoms with E-state index in [0.717, 1.165) is 5.56 Å². The van der Waals surface area contributed by atoms with Gasteiger partial charge in [0.05, 0.1) is 19.0 Å². The lowest BCUT2D eigenvalue weighted by molar-refractivity contribution is 0.0697. The minimum absolute atomic E-state index is 0.141. The van der Waals surface area contributed by atoms with Crippen molar-refractivity contribution >= 4 is 11.8 Å². The minimum atomic E-state index is -0.965. The molecule has 0 fully saturated rings. The fraction of sp³-hybridized carbons (Fsp3) is 0.214. The second-order valence-electron chi connectivity index (χ2n) is 4.45. The summed E-state index contributed by atoms with van der Waals surface area (Å²) in [6, 6.07) is 6.52. The van der Waals surface area contributed by atoms with Crippen LogP contribution in [0.25, 0.3) is 0 Å². The number of aromatic amines is 1. The summed E-state index contributed by atoms with van der Waals surface area (Å²) in [6.07, 6.45) is 1.31. The number of hydrogen-bond donors (Lipinski definition) is 2. The van der Waals surface area contributed by atoms with Gasteiger partial charge in [-0.3, -0.25) is 4.79 Å². The van der Waals surface area contributed by atoms with Gasteiger partial charge < -0.3 is 19.7 Å². The Balaban J connectivity index is 2.22. The zero-order chi connectivity index (χ0) is 15.4. The van der Waals surface area contributed by atoms with Crippen molar-refractivity contribution in [3.8, 4) is 5.75 Å². The minimum Gasteiger partial charge on any atom is -0.489 e. The summed E-state index contributed by atoms with van der Waals surface area (Å²) >= 11 is 0. The van der Waals surface area contributed by atoms with Crippen molar-refractivity contribution < 1.29 is 14.6 Å². The van der Waals surface area contributed by atoms with Crippen molar-refractivity contribution in [2.45, 2.75) is 6.54 Å². The number of nitrogens with zero attached hydrogens (tertiary/aromatic N) is 2. The molecule has 0 saturated heterocycles. The Hall–Kier alpha value is -2.83. The van der Waals surface area contributed by atoms with Crippen molar-refractivity contribution in [3.63, 3.8) is 0 Å². The molecule has 2 rings (SSSR count). The molecule has 0 aliphatic carbocycles. The predicted molar refractivity (Wildman–Crippen MR) is 76.9 cm³/mol. The maximum Gasteiger partial charge on any atom is 0.335 e. The molecule has 0 unspecified atom stereocenters. The number of methoxy groups -OCH3 is 1. The van der Waals surface area contributed by atoms with Gasteiger partial charge in [0.25, 0.3) is 5.56 Å². The van der Waals surface area contributed by atoms with E-state index in [-0.39, 0.29) is 16.9 Å². The molecule has 2 aromatic rings. The number of aromatic carboxylic acids is 1. The van der Waals surface area contributed by atoms with Crippen molar-refractivity contribution in [2.24, 2.45) is 0 Å². The van der Waals surface area contributed by atoms with Gasteiger partial charge in [0.15, 0.2) is 5.82 Å². The number of hydrogen-bond acceptors (Lipinski definition) is 5. The molecule has 0 amide bonds. The Morgan fingerprint density at radius 3 is 2.62 bits per heavy atom. The van der Waals surface area contributed by atoms with Crippen LogP contribution in [0.1, 0.15) is 15.9 Å². The molecular weight excluding hydrogens is 274 g/mol. The van der Waals surface area contributed by atoms with E-state index in [1.54, 1.807) is 24.1 Å². The second-order valence-corrected chi connectivity index (χ2v) is 4.45. The Morgan fingerprint density at radius 2 is 2.05 bits per heavy atom. The number of rotatable bonds is 5. The summed E-state index contributed by atoms with van der Waals surface area (Å²) in [7, 11) is 3.18.